The molecule has 1 fully saturated rings. The number of fused-ring (bicyclic) bond motifs is 2. The van der Waals surface area contributed by atoms with Gasteiger partial charge in [-0.25, -0.2) is 10.5 Å². The summed E-state index contributed by atoms with van der Waals surface area (Å²) < 4.78 is 0. The molecule has 208 valence electrons. The standard InChI is InChI=1S/C34H40N4O2/c1-7-30-28-18-26-16-12-13-17-27(26)19-29(28)36-32(38(30)8-2)23(3)31(25-14-10-9-11-15-25)33(39)37-21-24(22-37)20-35-40-34(4,5)6/h9-19,23-24,31,35H,1,8,20-22H2,2-6H3. The van der Waals surface area contributed by atoms with Gasteiger partial charge in [0, 0.05) is 43.6 Å². The second kappa shape index (κ2) is 11.4. The van der Waals surface area contributed by atoms with Crippen molar-refractivity contribution in [1.82, 2.24) is 15.3 Å². The average molecular weight is 537 g/mol. The van der Waals surface area contributed by atoms with E-state index in [-0.39, 0.29) is 23.3 Å². The highest BCUT2D eigenvalue weighted by Gasteiger charge is 2.41. The largest absolute Gasteiger partial charge is 0.341 e. The third-order valence-corrected chi connectivity index (χ3v) is 7.74. The first kappa shape index (κ1) is 27.9. The Bertz CT molecular complexity index is 1460. The van der Waals surface area contributed by atoms with Gasteiger partial charge >= 0.3 is 0 Å². The summed E-state index contributed by atoms with van der Waals surface area (Å²) in [7, 11) is 0. The molecule has 40 heavy (non-hydrogen) atoms. The minimum absolute atomic E-state index is 0.138. The smallest absolute Gasteiger partial charge is 0.230 e. The molecule has 2 unspecified atom stereocenters. The van der Waals surface area contributed by atoms with Gasteiger partial charge in [-0.1, -0.05) is 68.1 Å². The maximum absolute atomic E-state index is 14.1. The molecule has 1 N–H and O–H groups in total. The topological polar surface area (TPSA) is 57.2 Å². The highest BCUT2D eigenvalue weighted by atomic mass is 16.7. The normalized spacial score (nSPS) is 17.1. The number of amides is 1. The third-order valence-electron chi connectivity index (χ3n) is 7.74. The predicted octanol–water partition coefficient (Wildman–Crippen LogP) is 6.53. The Morgan fingerprint density at radius 2 is 1.75 bits per heavy atom. The molecule has 1 saturated heterocycles. The molecule has 0 spiro atoms. The molecule has 2 aliphatic heterocycles. The number of benzene rings is 3. The number of likely N-dealkylation sites (tertiary alicyclic amines) is 1. The van der Waals surface area contributed by atoms with Gasteiger partial charge in [-0.3, -0.25) is 9.63 Å². The third kappa shape index (κ3) is 5.62. The molecule has 0 aliphatic carbocycles. The molecular weight excluding hydrogens is 496 g/mol. The minimum atomic E-state index is -0.359. The first-order valence-electron chi connectivity index (χ1n) is 14.2. The minimum Gasteiger partial charge on any atom is -0.341 e. The SMILES string of the molecule is C=C=C1c2cc3ccccc3cc2N=C(C(C)C(C(=O)N2CC(CNOC(C)(C)C)C2)c2ccccc2)N1CC. The Labute approximate surface area is 238 Å². The Balaban J connectivity index is 1.46. The van der Waals surface area contributed by atoms with Crippen LogP contribution in [0.3, 0.4) is 0 Å². The number of hydrogen-bond acceptors (Lipinski definition) is 5. The number of aliphatic imine (C=N–C) groups is 1. The van der Waals surface area contributed by atoms with Gasteiger partial charge in [-0.15, -0.1) is 5.73 Å². The van der Waals surface area contributed by atoms with Gasteiger partial charge in [-0.2, -0.15) is 0 Å². The summed E-state index contributed by atoms with van der Waals surface area (Å²) in [4.78, 5) is 29.2. The van der Waals surface area contributed by atoms with Crippen molar-refractivity contribution in [3.63, 3.8) is 0 Å². The van der Waals surface area contributed by atoms with Crippen molar-refractivity contribution in [3.05, 3.63) is 90.2 Å². The van der Waals surface area contributed by atoms with Crippen molar-refractivity contribution >= 4 is 33.9 Å². The van der Waals surface area contributed by atoms with Crippen LogP contribution in [0.25, 0.3) is 16.5 Å². The van der Waals surface area contributed by atoms with E-state index in [0.29, 0.717) is 25.6 Å². The summed E-state index contributed by atoms with van der Waals surface area (Å²) in [6, 6.07) is 22.7. The fraction of sp³-hybridized carbons (Fsp3) is 0.382. The quantitative estimate of drug-likeness (QED) is 0.263. The van der Waals surface area contributed by atoms with Crippen molar-refractivity contribution in [3.8, 4) is 0 Å². The molecule has 6 nitrogen and oxygen atoms in total. The number of amidine groups is 1. The lowest BCUT2D eigenvalue weighted by atomic mass is 9.82. The number of hydrogen-bond donors (Lipinski definition) is 1. The predicted molar refractivity (Wildman–Crippen MR) is 163 cm³/mol. The van der Waals surface area contributed by atoms with Crippen LogP contribution in [0.15, 0.2) is 84.0 Å². The van der Waals surface area contributed by atoms with E-state index in [4.69, 9.17) is 9.83 Å². The Morgan fingerprint density at radius 1 is 1.10 bits per heavy atom. The summed E-state index contributed by atoms with van der Waals surface area (Å²) in [6.45, 7) is 17.2. The van der Waals surface area contributed by atoms with E-state index in [1.54, 1.807) is 0 Å². The Hall–Kier alpha value is -3.70. The van der Waals surface area contributed by atoms with Crippen molar-refractivity contribution in [2.24, 2.45) is 16.8 Å². The van der Waals surface area contributed by atoms with E-state index >= 15 is 0 Å². The van der Waals surface area contributed by atoms with E-state index in [0.717, 1.165) is 45.7 Å². The molecule has 0 radical (unpaired) electrons. The van der Waals surface area contributed by atoms with Crippen molar-refractivity contribution in [1.29, 1.82) is 0 Å². The van der Waals surface area contributed by atoms with E-state index in [1.165, 1.54) is 0 Å². The molecule has 5 rings (SSSR count). The lowest BCUT2D eigenvalue weighted by molar-refractivity contribution is -0.142. The second-order valence-corrected chi connectivity index (χ2v) is 11.8. The van der Waals surface area contributed by atoms with E-state index < -0.39 is 0 Å². The maximum atomic E-state index is 14.1. The zero-order valence-corrected chi connectivity index (χ0v) is 24.3. The molecule has 0 aromatic heterocycles. The Kier molecular flexibility index (Phi) is 7.95. The fourth-order valence-corrected chi connectivity index (χ4v) is 5.72. The van der Waals surface area contributed by atoms with Crippen LogP contribution in [0.5, 0.6) is 0 Å². The first-order valence-corrected chi connectivity index (χ1v) is 14.2. The number of nitrogens with zero attached hydrogens (tertiary/aromatic N) is 3. The molecule has 0 saturated carbocycles. The van der Waals surface area contributed by atoms with Crippen LogP contribution in [-0.2, 0) is 9.63 Å². The molecule has 3 aromatic carbocycles. The van der Waals surface area contributed by atoms with Crippen molar-refractivity contribution < 1.29 is 9.63 Å². The maximum Gasteiger partial charge on any atom is 0.230 e. The van der Waals surface area contributed by atoms with Crippen LogP contribution in [0.2, 0.25) is 0 Å². The van der Waals surface area contributed by atoms with Gasteiger partial charge in [0.1, 0.15) is 5.84 Å². The van der Waals surface area contributed by atoms with Gasteiger partial charge < -0.3 is 9.80 Å². The van der Waals surface area contributed by atoms with Crippen molar-refractivity contribution in [2.45, 2.75) is 46.1 Å². The number of nitrogens with one attached hydrogen (secondary N) is 1. The van der Waals surface area contributed by atoms with Crippen molar-refractivity contribution in [2.75, 3.05) is 26.2 Å². The van der Waals surface area contributed by atoms with Crippen LogP contribution in [0.1, 0.15) is 51.7 Å². The summed E-state index contributed by atoms with van der Waals surface area (Å²) >= 11 is 0. The van der Waals surface area contributed by atoms with Crippen LogP contribution in [0.4, 0.5) is 5.69 Å². The molecular formula is C34H40N4O2. The van der Waals surface area contributed by atoms with Crippen LogP contribution in [-0.4, -0.2) is 53.3 Å². The van der Waals surface area contributed by atoms with E-state index in [2.05, 4.69) is 72.9 Å². The second-order valence-electron chi connectivity index (χ2n) is 11.8. The lowest BCUT2D eigenvalue weighted by Crippen LogP contribution is -2.56. The van der Waals surface area contributed by atoms with Gasteiger partial charge in [0.05, 0.1) is 22.9 Å². The van der Waals surface area contributed by atoms with Gasteiger partial charge in [0.15, 0.2) is 0 Å². The van der Waals surface area contributed by atoms with Gasteiger partial charge in [-0.05, 0) is 56.2 Å². The molecule has 0 bridgehead atoms. The first-order chi connectivity index (χ1) is 19.2. The van der Waals surface area contributed by atoms with Gasteiger partial charge in [0.2, 0.25) is 5.91 Å². The number of rotatable bonds is 8. The van der Waals surface area contributed by atoms with Crippen LogP contribution in [0, 0.1) is 11.8 Å². The lowest BCUT2D eigenvalue weighted by Gasteiger charge is -2.43. The molecule has 2 atom stereocenters. The zero-order chi connectivity index (χ0) is 28.4. The molecule has 1 amide bonds. The number of carbonyl (C=O) groups excluding carboxylic acids is 1. The summed E-state index contributed by atoms with van der Waals surface area (Å²) in [5, 5.41) is 2.29. The fourth-order valence-electron chi connectivity index (χ4n) is 5.72. The molecule has 2 heterocycles. The highest BCUT2D eigenvalue weighted by molar-refractivity contribution is 6.04. The molecule has 2 aliphatic rings. The van der Waals surface area contributed by atoms with E-state index in [1.807, 2.05) is 56.0 Å². The Morgan fingerprint density at radius 3 is 2.38 bits per heavy atom. The average Bonchev–Trinajstić information content (AvgIpc) is 2.92. The summed E-state index contributed by atoms with van der Waals surface area (Å²) in [5.41, 5.74) is 9.87. The summed E-state index contributed by atoms with van der Waals surface area (Å²) in [5.74, 6) is 0.850. The molecule has 3 aromatic rings. The van der Waals surface area contributed by atoms with E-state index in [9.17, 15) is 4.79 Å². The van der Waals surface area contributed by atoms with Gasteiger partial charge in [0.25, 0.3) is 0 Å². The molecule has 6 heteroatoms. The number of hydroxylamine groups is 1. The zero-order valence-electron chi connectivity index (χ0n) is 24.3. The highest BCUT2D eigenvalue weighted by Crippen LogP contribution is 2.41. The monoisotopic (exact) mass is 536 g/mol. The number of carbonyl (C=O) groups is 1. The summed E-state index contributed by atoms with van der Waals surface area (Å²) in [6.07, 6.45) is 0. The van der Waals surface area contributed by atoms with Crippen LogP contribution >= 0.6 is 0 Å². The van der Waals surface area contributed by atoms with Crippen LogP contribution < -0.4 is 5.48 Å².